The molecule has 1 aliphatic rings. The summed E-state index contributed by atoms with van der Waals surface area (Å²) in [6.07, 6.45) is 2.46. The first-order valence-corrected chi connectivity index (χ1v) is 7.74. The molecule has 1 amide bonds. The summed E-state index contributed by atoms with van der Waals surface area (Å²) in [6.45, 7) is 7.92. The summed E-state index contributed by atoms with van der Waals surface area (Å²) in [6, 6.07) is 7.03. The second kappa shape index (κ2) is 6.85. The Bertz CT molecular complexity index is 510. The van der Waals surface area contributed by atoms with Gasteiger partial charge in [0.2, 0.25) is 0 Å². The summed E-state index contributed by atoms with van der Waals surface area (Å²) >= 11 is 0. The van der Waals surface area contributed by atoms with Gasteiger partial charge in [0.05, 0.1) is 13.1 Å². The SMILES string of the molecule is CC(=O)c1ccc(NC(=O)[C@H](C)[NH+]2CCC[C@@H](C)C2)cc1. The number of rotatable bonds is 4. The lowest BCUT2D eigenvalue weighted by Crippen LogP contribution is -3.17. The molecule has 0 aliphatic carbocycles. The highest BCUT2D eigenvalue weighted by Gasteiger charge is 2.29. The number of likely N-dealkylation sites (tertiary alicyclic amines) is 1. The number of quaternary nitrogens is 1. The summed E-state index contributed by atoms with van der Waals surface area (Å²) in [4.78, 5) is 24.9. The second-order valence-electron chi connectivity index (χ2n) is 6.20. The Hall–Kier alpha value is -1.68. The predicted octanol–water partition coefficient (Wildman–Crippen LogP) is 1.53. The van der Waals surface area contributed by atoms with Crippen molar-refractivity contribution in [3.05, 3.63) is 29.8 Å². The van der Waals surface area contributed by atoms with Gasteiger partial charge < -0.3 is 10.2 Å². The van der Waals surface area contributed by atoms with Crippen LogP contribution < -0.4 is 10.2 Å². The first-order valence-electron chi connectivity index (χ1n) is 7.74. The highest BCUT2D eigenvalue weighted by molar-refractivity contribution is 5.96. The molecule has 0 spiro atoms. The number of Topliss-reactive ketones (excluding diaryl/α,β-unsaturated/α-hetero) is 1. The molecule has 4 heteroatoms. The van der Waals surface area contributed by atoms with E-state index >= 15 is 0 Å². The first-order chi connectivity index (χ1) is 9.97. The molecule has 3 atom stereocenters. The quantitative estimate of drug-likeness (QED) is 0.826. The summed E-state index contributed by atoms with van der Waals surface area (Å²) in [7, 11) is 0. The zero-order valence-electron chi connectivity index (χ0n) is 13.1. The van der Waals surface area contributed by atoms with E-state index in [1.807, 2.05) is 6.92 Å². The van der Waals surface area contributed by atoms with E-state index in [4.69, 9.17) is 0 Å². The molecule has 21 heavy (non-hydrogen) atoms. The molecule has 0 radical (unpaired) electrons. The molecule has 1 saturated heterocycles. The van der Waals surface area contributed by atoms with Gasteiger partial charge in [-0.2, -0.15) is 0 Å². The van der Waals surface area contributed by atoms with Crippen LogP contribution in [0, 0.1) is 5.92 Å². The summed E-state index contributed by atoms with van der Waals surface area (Å²) in [5.74, 6) is 0.779. The molecule has 1 fully saturated rings. The van der Waals surface area contributed by atoms with Crippen LogP contribution in [-0.2, 0) is 4.79 Å². The summed E-state index contributed by atoms with van der Waals surface area (Å²) < 4.78 is 0. The minimum atomic E-state index is -0.0415. The van der Waals surface area contributed by atoms with Crippen molar-refractivity contribution in [1.29, 1.82) is 0 Å². The number of piperidine rings is 1. The Morgan fingerprint density at radius 2 is 1.95 bits per heavy atom. The van der Waals surface area contributed by atoms with Crippen LogP contribution in [-0.4, -0.2) is 30.8 Å². The van der Waals surface area contributed by atoms with Crippen molar-refractivity contribution in [2.75, 3.05) is 18.4 Å². The highest BCUT2D eigenvalue weighted by atomic mass is 16.2. The number of amides is 1. The molecular weight excluding hydrogens is 264 g/mol. The Balaban J connectivity index is 1.95. The fraction of sp³-hybridized carbons (Fsp3) is 0.529. The lowest BCUT2D eigenvalue weighted by Gasteiger charge is -2.31. The molecule has 1 unspecified atom stereocenters. The van der Waals surface area contributed by atoms with E-state index in [2.05, 4.69) is 12.2 Å². The molecule has 2 N–H and O–H groups in total. The van der Waals surface area contributed by atoms with Crippen molar-refractivity contribution in [3.8, 4) is 0 Å². The number of carbonyl (C=O) groups excluding carboxylic acids is 2. The van der Waals surface area contributed by atoms with Gasteiger partial charge in [0.25, 0.3) is 5.91 Å². The van der Waals surface area contributed by atoms with E-state index in [0.29, 0.717) is 11.5 Å². The molecular formula is C17H25N2O2+. The molecule has 0 bridgehead atoms. The van der Waals surface area contributed by atoms with Crippen LogP contribution >= 0.6 is 0 Å². The molecule has 1 heterocycles. The molecule has 1 aromatic carbocycles. The third-order valence-electron chi connectivity index (χ3n) is 4.37. The van der Waals surface area contributed by atoms with Crippen LogP contribution in [0.4, 0.5) is 5.69 Å². The van der Waals surface area contributed by atoms with Gasteiger partial charge in [-0.3, -0.25) is 9.59 Å². The Morgan fingerprint density at radius 3 is 2.52 bits per heavy atom. The van der Waals surface area contributed by atoms with E-state index in [1.54, 1.807) is 24.3 Å². The second-order valence-corrected chi connectivity index (χ2v) is 6.20. The van der Waals surface area contributed by atoms with Gasteiger partial charge in [0.15, 0.2) is 11.8 Å². The van der Waals surface area contributed by atoms with Crippen molar-refractivity contribution in [1.82, 2.24) is 0 Å². The summed E-state index contributed by atoms with van der Waals surface area (Å²) in [5, 5.41) is 2.95. The number of ketones is 1. The van der Waals surface area contributed by atoms with Crippen molar-refractivity contribution in [3.63, 3.8) is 0 Å². The molecule has 0 aromatic heterocycles. The van der Waals surface area contributed by atoms with Gasteiger partial charge in [0.1, 0.15) is 0 Å². The minimum Gasteiger partial charge on any atom is -0.325 e. The van der Waals surface area contributed by atoms with Crippen LogP contribution in [0.1, 0.15) is 44.0 Å². The van der Waals surface area contributed by atoms with E-state index < -0.39 is 0 Å². The topological polar surface area (TPSA) is 50.6 Å². The zero-order chi connectivity index (χ0) is 15.4. The number of hydrogen-bond acceptors (Lipinski definition) is 2. The van der Waals surface area contributed by atoms with E-state index in [9.17, 15) is 9.59 Å². The molecule has 1 aromatic rings. The lowest BCUT2D eigenvalue weighted by molar-refractivity contribution is -0.922. The first kappa shape index (κ1) is 15.7. The maximum absolute atomic E-state index is 12.3. The maximum atomic E-state index is 12.3. The number of anilines is 1. The van der Waals surface area contributed by atoms with Gasteiger partial charge in [0, 0.05) is 17.2 Å². The van der Waals surface area contributed by atoms with Gasteiger partial charge in [-0.15, -0.1) is 0 Å². The Labute approximate surface area is 126 Å². The average molecular weight is 289 g/mol. The third kappa shape index (κ3) is 4.14. The number of hydrogen-bond donors (Lipinski definition) is 2. The Morgan fingerprint density at radius 1 is 1.29 bits per heavy atom. The van der Waals surface area contributed by atoms with E-state index in [-0.39, 0.29) is 17.7 Å². The molecule has 0 saturated carbocycles. The number of carbonyl (C=O) groups is 2. The Kier molecular flexibility index (Phi) is 5.12. The van der Waals surface area contributed by atoms with Crippen molar-refractivity contribution in [2.24, 2.45) is 5.92 Å². The fourth-order valence-electron chi connectivity index (χ4n) is 2.95. The van der Waals surface area contributed by atoms with Crippen LogP contribution in [0.3, 0.4) is 0 Å². The standard InChI is InChI=1S/C17H24N2O2/c1-12-5-4-10-19(11-12)13(2)17(21)18-16-8-6-15(7-9-16)14(3)20/h6-9,12-13H,4-5,10-11H2,1-3H3,(H,18,21)/p+1/t12-,13+/m1/s1. The van der Waals surface area contributed by atoms with Crippen LogP contribution in [0.15, 0.2) is 24.3 Å². The van der Waals surface area contributed by atoms with Crippen LogP contribution in [0.2, 0.25) is 0 Å². The number of benzene rings is 1. The van der Waals surface area contributed by atoms with Crippen LogP contribution in [0.5, 0.6) is 0 Å². The normalized spacial score (nSPS) is 23.4. The van der Waals surface area contributed by atoms with Gasteiger partial charge in [-0.25, -0.2) is 0 Å². The largest absolute Gasteiger partial charge is 0.325 e. The fourth-order valence-corrected chi connectivity index (χ4v) is 2.95. The van der Waals surface area contributed by atoms with Gasteiger partial charge >= 0.3 is 0 Å². The van der Waals surface area contributed by atoms with Crippen molar-refractivity contribution in [2.45, 2.75) is 39.7 Å². The van der Waals surface area contributed by atoms with Gasteiger partial charge in [-0.1, -0.05) is 6.92 Å². The molecule has 4 nitrogen and oxygen atoms in total. The zero-order valence-corrected chi connectivity index (χ0v) is 13.1. The molecule has 2 rings (SSSR count). The highest BCUT2D eigenvalue weighted by Crippen LogP contribution is 2.11. The van der Waals surface area contributed by atoms with Crippen LogP contribution in [0.25, 0.3) is 0 Å². The average Bonchev–Trinajstić information content (AvgIpc) is 2.47. The maximum Gasteiger partial charge on any atom is 0.282 e. The van der Waals surface area contributed by atoms with E-state index in [1.165, 1.54) is 24.7 Å². The van der Waals surface area contributed by atoms with Crippen molar-refractivity contribution < 1.29 is 14.5 Å². The lowest BCUT2D eigenvalue weighted by atomic mass is 9.99. The molecule has 1 aliphatic heterocycles. The van der Waals surface area contributed by atoms with E-state index in [0.717, 1.165) is 18.8 Å². The minimum absolute atomic E-state index is 0.0352. The monoisotopic (exact) mass is 289 g/mol. The summed E-state index contributed by atoms with van der Waals surface area (Å²) in [5.41, 5.74) is 1.41. The third-order valence-corrected chi connectivity index (χ3v) is 4.37. The predicted molar refractivity (Wildman–Crippen MR) is 83.6 cm³/mol. The smallest absolute Gasteiger partial charge is 0.282 e. The van der Waals surface area contributed by atoms with Gasteiger partial charge in [-0.05, 0) is 51.0 Å². The molecule has 114 valence electrons. The number of nitrogens with one attached hydrogen (secondary N) is 2. The van der Waals surface area contributed by atoms with Crippen molar-refractivity contribution >= 4 is 17.4 Å².